The molecule has 1 aromatic carbocycles. The van der Waals surface area contributed by atoms with Gasteiger partial charge in [0, 0.05) is 30.4 Å². The molecule has 0 unspecified atom stereocenters. The molecule has 1 aliphatic rings. The zero-order chi connectivity index (χ0) is 15.0. The van der Waals surface area contributed by atoms with E-state index in [2.05, 4.69) is 0 Å². The Morgan fingerprint density at radius 3 is 2.62 bits per heavy atom. The third kappa shape index (κ3) is 2.52. The van der Waals surface area contributed by atoms with Crippen LogP contribution in [0.1, 0.15) is 16.1 Å². The van der Waals surface area contributed by atoms with Crippen LogP contribution < -0.4 is 5.43 Å². The first-order chi connectivity index (χ1) is 10.0. The third-order valence-electron chi connectivity index (χ3n) is 3.54. The van der Waals surface area contributed by atoms with Crippen LogP contribution in [0.3, 0.4) is 0 Å². The van der Waals surface area contributed by atoms with Crippen molar-refractivity contribution in [2.45, 2.75) is 13.1 Å². The molecule has 0 saturated carbocycles. The van der Waals surface area contributed by atoms with Crippen LogP contribution in [0, 0.1) is 5.82 Å². The van der Waals surface area contributed by atoms with Crippen molar-refractivity contribution in [3.8, 4) is 5.75 Å². The van der Waals surface area contributed by atoms with E-state index in [1.807, 2.05) is 0 Å². The lowest BCUT2D eigenvalue weighted by Gasteiger charge is -2.30. The van der Waals surface area contributed by atoms with Crippen LogP contribution >= 0.6 is 0 Å². The lowest BCUT2D eigenvalue weighted by atomic mass is 10.1. The van der Waals surface area contributed by atoms with Gasteiger partial charge < -0.3 is 14.6 Å². The average Bonchev–Trinajstić information content (AvgIpc) is 2.48. The summed E-state index contributed by atoms with van der Waals surface area (Å²) in [5.41, 5.74) is 0.614. The third-order valence-corrected chi connectivity index (χ3v) is 3.54. The van der Waals surface area contributed by atoms with E-state index < -0.39 is 11.2 Å². The molecule has 108 valence electrons. The van der Waals surface area contributed by atoms with E-state index in [-0.39, 0.29) is 18.2 Å². The van der Waals surface area contributed by atoms with E-state index in [4.69, 9.17) is 0 Å². The highest BCUT2D eigenvalue weighted by molar-refractivity contribution is 5.94. The molecular formula is C15H13FN2O3. The molecule has 0 spiro atoms. The molecule has 2 aromatic rings. The van der Waals surface area contributed by atoms with Gasteiger partial charge in [0.15, 0.2) is 5.75 Å². The maximum absolute atomic E-state index is 12.9. The van der Waals surface area contributed by atoms with Crippen molar-refractivity contribution < 1.29 is 14.3 Å². The van der Waals surface area contributed by atoms with E-state index in [1.54, 1.807) is 9.47 Å². The first-order valence-corrected chi connectivity index (χ1v) is 6.52. The number of halogens is 1. The van der Waals surface area contributed by atoms with Crippen LogP contribution in [0.2, 0.25) is 0 Å². The van der Waals surface area contributed by atoms with E-state index >= 15 is 0 Å². The Hall–Kier alpha value is -2.63. The fraction of sp³-hybridized carbons (Fsp3) is 0.200. The fourth-order valence-electron chi connectivity index (χ4n) is 2.40. The highest BCUT2D eigenvalue weighted by atomic mass is 19.1. The molecule has 2 heterocycles. The first-order valence-electron chi connectivity index (χ1n) is 6.52. The summed E-state index contributed by atoms with van der Waals surface area (Å²) >= 11 is 0. The maximum Gasteiger partial charge on any atom is 0.254 e. The Morgan fingerprint density at radius 2 is 1.90 bits per heavy atom. The van der Waals surface area contributed by atoms with Crippen molar-refractivity contribution in [3.63, 3.8) is 0 Å². The molecule has 6 heteroatoms. The molecule has 1 N–H and O–H groups in total. The predicted octanol–water partition coefficient (Wildman–Crippen LogP) is 1.35. The van der Waals surface area contributed by atoms with Gasteiger partial charge in [0.05, 0.1) is 12.7 Å². The van der Waals surface area contributed by atoms with Gasteiger partial charge in [0.1, 0.15) is 5.82 Å². The monoisotopic (exact) mass is 288 g/mol. The second-order valence-electron chi connectivity index (χ2n) is 4.94. The summed E-state index contributed by atoms with van der Waals surface area (Å²) < 4.78 is 14.6. The SMILES string of the molecule is O=C(c1ccc(F)cc1)N1CCn2cc(O)c(=O)cc2C1. The lowest BCUT2D eigenvalue weighted by molar-refractivity contribution is 0.0709. The highest BCUT2D eigenvalue weighted by Crippen LogP contribution is 2.16. The molecule has 1 aromatic heterocycles. The van der Waals surface area contributed by atoms with Crippen LogP contribution in [-0.4, -0.2) is 27.0 Å². The number of hydrogen-bond donors (Lipinski definition) is 1. The van der Waals surface area contributed by atoms with Gasteiger partial charge in [-0.15, -0.1) is 0 Å². The van der Waals surface area contributed by atoms with Crippen LogP contribution in [0.25, 0.3) is 0 Å². The second kappa shape index (κ2) is 5.05. The summed E-state index contributed by atoms with van der Waals surface area (Å²) in [4.78, 5) is 25.4. The summed E-state index contributed by atoms with van der Waals surface area (Å²) in [5.74, 6) is -0.892. The number of hydrogen-bond acceptors (Lipinski definition) is 3. The van der Waals surface area contributed by atoms with Crippen molar-refractivity contribution in [1.29, 1.82) is 0 Å². The number of fused-ring (bicyclic) bond motifs is 1. The minimum atomic E-state index is -0.461. The molecule has 0 saturated heterocycles. The van der Waals surface area contributed by atoms with Crippen molar-refractivity contribution in [2.75, 3.05) is 6.54 Å². The van der Waals surface area contributed by atoms with E-state index in [0.29, 0.717) is 24.3 Å². The van der Waals surface area contributed by atoms with Crippen molar-refractivity contribution in [1.82, 2.24) is 9.47 Å². The minimum Gasteiger partial charge on any atom is -0.503 e. The summed E-state index contributed by atoms with van der Waals surface area (Å²) in [6.45, 7) is 1.24. The van der Waals surface area contributed by atoms with Crippen molar-refractivity contribution in [3.05, 3.63) is 63.8 Å². The summed E-state index contributed by atoms with van der Waals surface area (Å²) in [6.07, 6.45) is 1.39. The van der Waals surface area contributed by atoms with Crippen molar-refractivity contribution >= 4 is 5.91 Å². The molecule has 21 heavy (non-hydrogen) atoms. The normalized spacial score (nSPS) is 13.9. The molecule has 0 atom stereocenters. The number of nitrogens with zero attached hydrogens (tertiary/aromatic N) is 2. The Balaban J connectivity index is 1.85. The van der Waals surface area contributed by atoms with Gasteiger partial charge in [-0.05, 0) is 24.3 Å². The molecule has 0 radical (unpaired) electrons. The van der Waals surface area contributed by atoms with Gasteiger partial charge in [0.25, 0.3) is 5.91 Å². The van der Waals surface area contributed by atoms with E-state index in [0.717, 1.165) is 0 Å². The minimum absolute atomic E-state index is 0.207. The van der Waals surface area contributed by atoms with Gasteiger partial charge in [-0.1, -0.05) is 0 Å². The predicted molar refractivity (Wildman–Crippen MR) is 73.5 cm³/mol. The zero-order valence-corrected chi connectivity index (χ0v) is 11.1. The van der Waals surface area contributed by atoms with Crippen molar-refractivity contribution in [2.24, 2.45) is 0 Å². The summed E-state index contributed by atoms with van der Waals surface area (Å²) in [7, 11) is 0. The quantitative estimate of drug-likeness (QED) is 0.861. The smallest absolute Gasteiger partial charge is 0.254 e. The van der Waals surface area contributed by atoms with Crippen LogP contribution in [0.4, 0.5) is 4.39 Å². The largest absolute Gasteiger partial charge is 0.503 e. The average molecular weight is 288 g/mol. The second-order valence-corrected chi connectivity index (χ2v) is 4.94. The van der Waals surface area contributed by atoms with Gasteiger partial charge in [-0.25, -0.2) is 4.39 Å². The molecule has 0 fully saturated rings. The van der Waals surface area contributed by atoms with Crippen LogP contribution in [0.15, 0.2) is 41.3 Å². The highest BCUT2D eigenvalue weighted by Gasteiger charge is 2.22. The molecule has 3 rings (SSSR count). The Labute approximate surface area is 119 Å². The molecule has 0 bridgehead atoms. The van der Waals surface area contributed by atoms with Crippen LogP contribution in [-0.2, 0) is 13.1 Å². The Kier molecular flexibility index (Phi) is 3.21. The first kappa shape index (κ1) is 13.4. The van der Waals surface area contributed by atoms with Gasteiger partial charge in [-0.3, -0.25) is 9.59 Å². The van der Waals surface area contributed by atoms with E-state index in [1.165, 1.54) is 36.5 Å². The lowest BCUT2D eigenvalue weighted by Crippen LogP contribution is -2.39. The molecule has 5 nitrogen and oxygen atoms in total. The number of rotatable bonds is 1. The molecule has 1 amide bonds. The molecule has 0 aliphatic carbocycles. The zero-order valence-electron chi connectivity index (χ0n) is 11.1. The Morgan fingerprint density at radius 1 is 1.19 bits per heavy atom. The number of carbonyl (C=O) groups excluding carboxylic acids is 1. The summed E-state index contributed by atoms with van der Waals surface area (Å²) in [5, 5.41) is 9.40. The molecular weight excluding hydrogens is 275 g/mol. The van der Waals surface area contributed by atoms with Crippen LogP contribution in [0.5, 0.6) is 5.75 Å². The maximum atomic E-state index is 12.9. The molecule has 1 aliphatic heterocycles. The van der Waals surface area contributed by atoms with Gasteiger partial charge >= 0.3 is 0 Å². The topological polar surface area (TPSA) is 62.5 Å². The van der Waals surface area contributed by atoms with Gasteiger partial charge in [0.2, 0.25) is 5.43 Å². The number of benzene rings is 1. The summed E-state index contributed by atoms with van der Waals surface area (Å²) in [6, 6.07) is 6.70. The number of pyridine rings is 1. The standard InChI is InChI=1S/C15H13FN2O3/c16-11-3-1-10(2-4-11)15(21)18-6-5-17-9-14(20)13(19)7-12(17)8-18/h1-4,7,9,20H,5-6,8H2. The number of carbonyl (C=O) groups is 1. The number of aromatic nitrogens is 1. The number of aromatic hydroxyl groups is 1. The fourth-order valence-corrected chi connectivity index (χ4v) is 2.40. The Bertz CT molecular complexity index is 753. The van der Waals surface area contributed by atoms with Gasteiger partial charge in [-0.2, -0.15) is 0 Å². The van der Waals surface area contributed by atoms with E-state index in [9.17, 15) is 19.1 Å². The number of amides is 1.